The minimum absolute atomic E-state index is 0.113. The van der Waals surface area contributed by atoms with E-state index in [0.29, 0.717) is 0 Å². The molecule has 0 saturated carbocycles. The van der Waals surface area contributed by atoms with Gasteiger partial charge in [-0.15, -0.1) is 11.3 Å². The lowest BCUT2D eigenvalue weighted by Gasteiger charge is -2.41. The van der Waals surface area contributed by atoms with Gasteiger partial charge in [-0.2, -0.15) is 0 Å². The summed E-state index contributed by atoms with van der Waals surface area (Å²) in [6.07, 6.45) is 0. The van der Waals surface area contributed by atoms with Gasteiger partial charge in [0.1, 0.15) is 5.01 Å². The van der Waals surface area contributed by atoms with E-state index in [2.05, 4.69) is 190 Å². The number of hydrogen-bond donors (Lipinski definition) is 0. The lowest BCUT2D eigenvalue weighted by atomic mass is 9.60. The van der Waals surface area contributed by atoms with Crippen molar-refractivity contribution in [1.29, 1.82) is 0 Å². The molecule has 8 aromatic carbocycles. The highest BCUT2D eigenvalue weighted by Gasteiger charge is 2.51. The average Bonchev–Trinajstić information content (AvgIpc) is 3.88. The first kappa shape index (κ1) is 31.0. The second kappa shape index (κ2) is 11.1. The Bertz CT molecular complexity index is 2950. The molecule has 0 unspecified atom stereocenters. The summed E-state index contributed by atoms with van der Waals surface area (Å²) in [7, 11) is 0. The summed E-state index contributed by atoms with van der Waals surface area (Å²) < 4.78 is 0. The van der Waals surface area contributed by atoms with Crippen molar-refractivity contribution < 1.29 is 0 Å². The van der Waals surface area contributed by atoms with Gasteiger partial charge in [-0.1, -0.05) is 178 Å². The quantitative estimate of drug-likeness (QED) is 0.177. The van der Waals surface area contributed by atoms with Crippen LogP contribution in [0.3, 0.4) is 0 Å². The van der Waals surface area contributed by atoms with Gasteiger partial charge in [-0.25, -0.2) is 4.98 Å². The van der Waals surface area contributed by atoms with Gasteiger partial charge in [-0.3, -0.25) is 0 Å². The fraction of sp³-hybridized carbons (Fsp3) is 0.0755. The summed E-state index contributed by atoms with van der Waals surface area (Å²) in [6.45, 7) is 4.79. The number of benzene rings is 8. The molecule has 0 aliphatic heterocycles. The maximum Gasteiger partial charge on any atom is 0.125 e. The van der Waals surface area contributed by atoms with Crippen LogP contribution < -0.4 is 0 Å². The summed E-state index contributed by atoms with van der Waals surface area (Å²) in [5.74, 6) is 0. The first-order chi connectivity index (χ1) is 27.0. The third kappa shape index (κ3) is 4.00. The van der Waals surface area contributed by atoms with Crippen LogP contribution in [0.2, 0.25) is 0 Å². The molecule has 0 bridgehead atoms. The van der Waals surface area contributed by atoms with E-state index in [-0.39, 0.29) is 5.41 Å². The number of fused-ring (bicyclic) bond motifs is 12. The van der Waals surface area contributed by atoms with Crippen LogP contribution >= 0.6 is 11.3 Å². The van der Waals surface area contributed by atoms with Gasteiger partial charge in [0.05, 0.1) is 16.0 Å². The van der Waals surface area contributed by atoms with Crippen LogP contribution in [0.25, 0.3) is 76.4 Å². The van der Waals surface area contributed by atoms with E-state index in [4.69, 9.17) is 4.98 Å². The van der Waals surface area contributed by atoms with E-state index < -0.39 is 5.41 Å². The van der Waals surface area contributed by atoms with Gasteiger partial charge in [-0.05, 0) is 95.2 Å². The van der Waals surface area contributed by atoms with Crippen LogP contribution in [0.4, 0.5) is 0 Å². The Morgan fingerprint density at radius 1 is 0.400 bits per heavy atom. The third-order valence-electron chi connectivity index (χ3n) is 12.8. The highest BCUT2D eigenvalue weighted by Crippen LogP contribution is 2.64. The molecule has 0 atom stereocenters. The predicted octanol–water partition coefficient (Wildman–Crippen LogP) is 13.9. The lowest BCUT2D eigenvalue weighted by molar-refractivity contribution is 0.659. The first-order valence-corrected chi connectivity index (χ1v) is 20.0. The molecule has 3 aliphatic carbocycles. The Balaban J connectivity index is 1.20. The van der Waals surface area contributed by atoms with Crippen LogP contribution in [0.1, 0.15) is 47.2 Å². The second-order valence-corrected chi connectivity index (χ2v) is 16.8. The monoisotopic (exact) mass is 717 g/mol. The van der Waals surface area contributed by atoms with E-state index in [1.807, 2.05) is 0 Å². The number of nitrogens with zero attached hydrogens (tertiary/aromatic N) is 1. The van der Waals surface area contributed by atoms with Crippen LogP contribution in [0.5, 0.6) is 0 Å². The van der Waals surface area contributed by atoms with Gasteiger partial charge in [0.25, 0.3) is 0 Å². The van der Waals surface area contributed by atoms with Crippen LogP contribution in [-0.2, 0) is 10.8 Å². The van der Waals surface area contributed by atoms with E-state index in [0.717, 1.165) is 16.3 Å². The minimum Gasteiger partial charge on any atom is -0.235 e. The molecule has 2 heteroatoms. The van der Waals surface area contributed by atoms with Crippen molar-refractivity contribution in [3.63, 3.8) is 0 Å². The first-order valence-electron chi connectivity index (χ1n) is 19.2. The van der Waals surface area contributed by atoms with Gasteiger partial charge in [0.2, 0.25) is 0 Å². The Labute approximate surface area is 325 Å². The molecule has 258 valence electrons. The van der Waals surface area contributed by atoms with Crippen molar-refractivity contribution in [2.45, 2.75) is 24.7 Å². The van der Waals surface area contributed by atoms with Gasteiger partial charge in [0, 0.05) is 16.5 Å². The molecular weight excluding hydrogens is 683 g/mol. The minimum atomic E-state index is -0.488. The second-order valence-electron chi connectivity index (χ2n) is 15.8. The molecule has 0 N–H and O–H groups in total. The summed E-state index contributed by atoms with van der Waals surface area (Å²) in [5, 5.41) is 3.61. The maximum atomic E-state index is 5.49. The molecule has 1 nitrogen and oxygen atoms in total. The molecule has 55 heavy (non-hydrogen) atoms. The molecule has 0 amide bonds. The van der Waals surface area contributed by atoms with Crippen LogP contribution in [-0.4, -0.2) is 4.98 Å². The van der Waals surface area contributed by atoms with E-state index >= 15 is 0 Å². The molecule has 1 heterocycles. The zero-order valence-corrected chi connectivity index (χ0v) is 31.4. The van der Waals surface area contributed by atoms with Gasteiger partial charge in [0.15, 0.2) is 0 Å². The Morgan fingerprint density at radius 3 is 1.62 bits per heavy atom. The standard InChI is InChI=1S/C53H35NS/c1-52(2)42-24-12-9-22-36(42)40-31-47-41(30-46(40)52)38-28-29-39(51-54-49(32-16-5-3-6-17-32)50(55-51)33-18-7-4-8-19-33)37-23-15-27-45(48(37)38)53(47)43-25-13-10-20-34(43)35-21-11-14-26-44(35)53/h3-31H,1-2H3. The molecule has 0 saturated heterocycles. The highest BCUT2D eigenvalue weighted by molar-refractivity contribution is 7.19. The van der Waals surface area contributed by atoms with E-state index in [9.17, 15) is 0 Å². The summed E-state index contributed by atoms with van der Waals surface area (Å²) in [5.41, 5.74) is 20.2. The lowest BCUT2D eigenvalue weighted by Crippen LogP contribution is -2.32. The fourth-order valence-electron chi connectivity index (χ4n) is 10.4. The molecule has 3 aliphatic rings. The Hall–Kier alpha value is -6.35. The number of aromatic nitrogens is 1. The predicted molar refractivity (Wildman–Crippen MR) is 230 cm³/mol. The summed E-state index contributed by atoms with van der Waals surface area (Å²) in [6, 6.07) is 65.6. The molecule has 1 spiro atoms. The van der Waals surface area contributed by atoms with Gasteiger partial charge >= 0.3 is 0 Å². The zero-order chi connectivity index (χ0) is 36.5. The SMILES string of the molecule is CC1(C)c2ccccc2-c2cc3c(cc21)-c1ccc(-c2nc(-c4ccccc4)c(-c4ccccc4)s2)c2cccc(c12)C31c2ccccc2-c2ccccc21. The van der Waals surface area contributed by atoms with Crippen molar-refractivity contribution in [2.75, 3.05) is 0 Å². The average molecular weight is 718 g/mol. The fourth-order valence-corrected chi connectivity index (χ4v) is 11.5. The molecule has 0 radical (unpaired) electrons. The third-order valence-corrected chi connectivity index (χ3v) is 13.9. The maximum absolute atomic E-state index is 5.49. The van der Waals surface area contributed by atoms with Crippen molar-refractivity contribution in [3.05, 3.63) is 209 Å². The largest absolute Gasteiger partial charge is 0.235 e. The van der Waals surface area contributed by atoms with Crippen molar-refractivity contribution >= 4 is 22.1 Å². The normalized spacial score (nSPS) is 14.7. The summed E-state index contributed by atoms with van der Waals surface area (Å²) in [4.78, 5) is 6.69. The van der Waals surface area contributed by atoms with Crippen molar-refractivity contribution in [1.82, 2.24) is 4.98 Å². The zero-order valence-electron chi connectivity index (χ0n) is 30.6. The topological polar surface area (TPSA) is 12.9 Å². The smallest absolute Gasteiger partial charge is 0.125 e. The van der Waals surface area contributed by atoms with Gasteiger partial charge < -0.3 is 0 Å². The van der Waals surface area contributed by atoms with E-state index in [1.165, 1.54) is 93.5 Å². The Kier molecular flexibility index (Phi) is 6.27. The number of rotatable bonds is 3. The Morgan fingerprint density at radius 2 is 0.927 bits per heavy atom. The van der Waals surface area contributed by atoms with Crippen molar-refractivity contribution in [3.8, 4) is 65.6 Å². The molecule has 0 fully saturated rings. The summed E-state index contributed by atoms with van der Waals surface area (Å²) >= 11 is 1.80. The number of thiazole rings is 1. The van der Waals surface area contributed by atoms with Crippen LogP contribution in [0.15, 0.2) is 176 Å². The molecule has 12 rings (SSSR count). The molecular formula is C53H35NS. The number of hydrogen-bond acceptors (Lipinski definition) is 2. The molecule has 9 aromatic rings. The van der Waals surface area contributed by atoms with E-state index in [1.54, 1.807) is 11.3 Å². The molecule has 1 aromatic heterocycles. The van der Waals surface area contributed by atoms with Crippen molar-refractivity contribution in [2.24, 2.45) is 0 Å². The highest BCUT2D eigenvalue weighted by atomic mass is 32.1. The van der Waals surface area contributed by atoms with Crippen LogP contribution in [0, 0.1) is 0 Å².